The Kier molecular flexibility index (Phi) is 7.23. The minimum atomic E-state index is -2.97. The van der Waals surface area contributed by atoms with Gasteiger partial charge in [-0.15, -0.1) is 0 Å². The number of benzene rings is 2. The van der Waals surface area contributed by atoms with Gasteiger partial charge in [-0.3, -0.25) is 4.79 Å². The number of hydrogen-bond acceptors (Lipinski definition) is 2. The van der Waals surface area contributed by atoms with E-state index in [0.29, 0.717) is 12.3 Å². The summed E-state index contributed by atoms with van der Waals surface area (Å²) < 4.78 is 14.5. The molecule has 0 atom stereocenters. The molecule has 2 aromatic carbocycles. The lowest BCUT2D eigenvalue weighted by Crippen LogP contribution is -2.43. The molecule has 0 bridgehead atoms. The molecule has 3 nitrogen and oxygen atoms in total. The second kappa shape index (κ2) is 9.19. The molecule has 0 radical (unpaired) electrons. The average Bonchev–Trinajstić information content (AvgIpc) is 2.67. The highest BCUT2D eigenvalue weighted by Gasteiger charge is 2.54. The largest absolute Gasteiger partial charge is 0.368 e. The summed E-state index contributed by atoms with van der Waals surface area (Å²) in [5.74, 6) is -0.509. The molecule has 2 rings (SSSR count). The predicted octanol–water partition coefficient (Wildman–Crippen LogP) is 5.38. The maximum atomic E-state index is 14.5. The van der Waals surface area contributed by atoms with Gasteiger partial charge in [0.25, 0.3) is 0 Å². The summed E-state index contributed by atoms with van der Waals surface area (Å²) in [6.45, 7) is 4.17. The van der Waals surface area contributed by atoms with E-state index in [2.05, 4.69) is 13.8 Å². The summed E-state index contributed by atoms with van der Waals surface area (Å²) in [6.07, 6.45) is 4.61. The number of nitrogens with two attached hydrogens (primary N) is 1. The van der Waals surface area contributed by atoms with Gasteiger partial charge in [0, 0.05) is 12.3 Å². The smallest absolute Gasteiger partial charge is 0.240 e. The van der Waals surface area contributed by atoms with Crippen LogP contribution in [0.25, 0.3) is 0 Å². The molecule has 0 aliphatic carbocycles. The molecule has 0 fully saturated rings. The Morgan fingerprint density at radius 3 is 1.54 bits per heavy atom. The second-order valence-corrected chi connectivity index (χ2v) is 10.2. The molecule has 2 N–H and O–H groups in total. The minimum Gasteiger partial charge on any atom is -0.368 e. The molecule has 1 amide bonds. The third-order valence-electron chi connectivity index (χ3n) is 5.10. The van der Waals surface area contributed by atoms with Crippen LogP contribution in [0.15, 0.2) is 60.7 Å². The lowest BCUT2D eigenvalue weighted by atomic mass is 9.89. The van der Waals surface area contributed by atoms with Crippen molar-refractivity contribution in [2.45, 2.75) is 44.7 Å². The van der Waals surface area contributed by atoms with Crippen molar-refractivity contribution in [2.24, 2.45) is 5.73 Å². The molecule has 0 heterocycles. The Bertz CT molecular complexity index is 692. The van der Waals surface area contributed by atoms with Gasteiger partial charge in [-0.05, 0) is 24.0 Å². The van der Waals surface area contributed by atoms with Crippen LogP contribution < -0.4 is 5.73 Å². The topological polar surface area (TPSA) is 60.2 Å². The lowest BCUT2D eigenvalue weighted by molar-refractivity contribution is -0.119. The van der Waals surface area contributed by atoms with Crippen molar-refractivity contribution in [1.29, 1.82) is 0 Å². The van der Waals surface area contributed by atoms with Gasteiger partial charge in [0.05, 0.1) is 0 Å². The highest BCUT2D eigenvalue weighted by molar-refractivity contribution is 7.66. The van der Waals surface area contributed by atoms with Crippen molar-refractivity contribution in [2.75, 3.05) is 12.3 Å². The Morgan fingerprint density at radius 2 is 1.23 bits per heavy atom. The molecule has 140 valence electrons. The number of carbonyl (C=O) groups is 1. The third kappa shape index (κ3) is 3.78. The number of amides is 1. The van der Waals surface area contributed by atoms with Gasteiger partial charge in [-0.25, -0.2) is 0 Å². The van der Waals surface area contributed by atoms with Crippen molar-refractivity contribution < 1.29 is 9.36 Å². The van der Waals surface area contributed by atoms with Crippen LogP contribution in [-0.4, -0.2) is 18.2 Å². The molecule has 0 unspecified atom stereocenters. The zero-order chi connectivity index (χ0) is 19.0. The first-order chi connectivity index (χ1) is 12.5. The summed E-state index contributed by atoms with van der Waals surface area (Å²) >= 11 is 0. The summed E-state index contributed by atoms with van der Waals surface area (Å²) in [7, 11) is -2.97. The fraction of sp³-hybridized carbons (Fsp3) is 0.409. The van der Waals surface area contributed by atoms with Gasteiger partial charge < -0.3 is 10.3 Å². The molecule has 26 heavy (non-hydrogen) atoms. The van der Waals surface area contributed by atoms with E-state index >= 15 is 0 Å². The minimum absolute atomic E-state index is 0.509. The van der Waals surface area contributed by atoms with Gasteiger partial charge in [-0.2, -0.15) is 0 Å². The Hall–Kier alpha value is -1.86. The average molecular weight is 371 g/mol. The van der Waals surface area contributed by atoms with E-state index in [1.165, 1.54) is 0 Å². The quantitative estimate of drug-likeness (QED) is 0.570. The van der Waals surface area contributed by atoms with Crippen LogP contribution in [0.1, 0.15) is 50.7 Å². The zero-order valence-electron chi connectivity index (χ0n) is 15.9. The SMILES string of the molecule is CCCCP(=O)(CCCC)C(C(N)=O)(c1ccccc1)c1ccccc1. The molecule has 0 aliphatic rings. The molecule has 0 aromatic heterocycles. The first-order valence-corrected chi connectivity index (χ1v) is 11.6. The molecule has 0 spiro atoms. The van der Waals surface area contributed by atoms with Crippen molar-refractivity contribution in [3.05, 3.63) is 71.8 Å². The molecule has 4 heteroatoms. The van der Waals surface area contributed by atoms with Crippen molar-refractivity contribution in [3.8, 4) is 0 Å². The van der Waals surface area contributed by atoms with Crippen LogP contribution in [-0.2, 0) is 14.5 Å². The predicted molar refractivity (Wildman–Crippen MR) is 110 cm³/mol. The van der Waals surface area contributed by atoms with Gasteiger partial charge in [0.2, 0.25) is 5.91 Å². The lowest BCUT2D eigenvalue weighted by Gasteiger charge is -2.39. The highest BCUT2D eigenvalue weighted by Crippen LogP contribution is 2.67. The van der Waals surface area contributed by atoms with E-state index in [1.54, 1.807) is 0 Å². The number of hydrogen-bond donors (Lipinski definition) is 1. The maximum Gasteiger partial charge on any atom is 0.240 e. The monoisotopic (exact) mass is 371 g/mol. The molecular formula is C22H30NO2P. The zero-order valence-corrected chi connectivity index (χ0v) is 16.8. The van der Waals surface area contributed by atoms with Gasteiger partial charge >= 0.3 is 0 Å². The first kappa shape index (κ1) is 20.5. The molecule has 0 saturated carbocycles. The van der Waals surface area contributed by atoms with Crippen LogP contribution in [0, 0.1) is 0 Å². The van der Waals surface area contributed by atoms with Gasteiger partial charge in [-0.1, -0.05) is 87.4 Å². The second-order valence-electron chi connectivity index (χ2n) is 6.85. The maximum absolute atomic E-state index is 14.5. The summed E-state index contributed by atoms with van der Waals surface area (Å²) in [4.78, 5) is 13.0. The van der Waals surface area contributed by atoms with Crippen LogP contribution >= 0.6 is 7.14 Å². The number of primary amides is 1. The molecular weight excluding hydrogens is 341 g/mol. The third-order valence-corrected chi connectivity index (χ3v) is 9.13. The van der Waals surface area contributed by atoms with E-state index < -0.39 is 18.2 Å². The fourth-order valence-corrected chi connectivity index (χ4v) is 7.94. The van der Waals surface area contributed by atoms with E-state index in [9.17, 15) is 9.36 Å². The Balaban J connectivity index is 2.80. The van der Waals surface area contributed by atoms with Gasteiger partial charge in [0.1, 0.15) is 7.14 Å². The molecule has 2 aromatic rings. The summed E-state index contributed by atoms with van der Waals surface area (Å²) in [5.41, 5.74) is 7.54. The normalized spacial score (nSPS) is 12.1. The fourth-order valence-electron chi connectivity index (χ4n) is 3.76. The van der Waals surface area contributed by atoms with Crippen LogP contribution in [0.5, 0.6) is 0 Å². The van der Waals surface area contributed by atoms with E-state index in [-0.39, 0.29) is 0 Å². The van der Waals surface area contributed by atoms with Crippen LogP contribution in [0.3, 0.4) is 0 Å². The van der Waals surface area contributed by atoms with Crippen molar-refractivity contribution in [1.82, 2.24) is 0 Å². The highest BCUT2D eigenvalue weighted by atomic mass is 31.2. The molecule has 0 aliphatic heterocycles. The van der Waals surface area contributed by atoms with Gasteiger partial charge in [0.15, 0.2) is 5.16 Å². The van der Waals surface area contributed by atoms with E-state index in [1.807, 2.05) is 60.7 Å². The van der Waals surface area contributed by atoms with Crippen LogP contribution in [0.4, 0.5) is 0 Å². The Morgan fingerprint density at radius 1 is 0.846 bits per heavy atom. The standard InChI is InChI=1S/C22H30NO2P/c1-3-5-17-26(25,18-6-4-2)22(21(23)24,19-13-9-7-10-14-19)20-15-11-8-12-16-20/h7-16H,3-6,17-18H2,1-2H3,(H2,23,24). The van der Waals surface area contributed by atoms with E-state index in [4.69, 9.17) is 5.73 Å². The first-order valence-electron chi connectivity index (χ1n) is 9.52. The van der Waals surface area contributed by atoms with Crippen molar-refractivity contribution in [3.63, 3.8) is 0 Å². The summed E-state index contributed by atoms with van der Waals surface area (Å²) in [6, 6.07) is 18.9. The Labute approximate surface area is 157 Å². The number of carbonyl (C=O) groups excluding carboxylic acids is 1. The number of unbranched alkanes of at least 4 members (excludes halogenated alkanes) is 2. The van der Waals surface area contributed by atoms with Crippen molar-refractivity contribution >= 4 is 13.0 Å². The van der Waals surface area contributed by atoms with Crippen LogP contribution in [0.2, 0.25) is 0 Å². The summed E-state index contributed by atoms with van der Waals surface area (Å²) in [5, 5.41) is -1.26. The van der Waals surface area contributed by atoms with E-state index in [0.717, 1.165) is 36.8 Å². The number of rotatable bonds is 10. The molecule has 0 saturated heterocycles.